The molecule has 0 atom stereocenters. The van der Waals surface area contributed by atoms with Crippen molar-refractivity contribution < 1.29 is 13.9 Å². The molecule has 1 aromatic carbocycles. The highest BCUT2D eigenvalue weighted by molar-refractivity contribution is 5.91. The lowest BCUT2D eigenvalue weighted by molar-refractivity contribution is -0.00263. The molecule has 0 radical (unpaired) electrons. The zero-order valence-corrected chi connectivity index (χ0v) is 18.2. The zero-order chi connectivity index (χ0) is 21.5. The Kier molecular flexibility index (Phi) is 4.79. The van der Waals surface area contributed by atoms with Gasteiger partial charge in [-0.1, -0.05) is 12.1 Å². The van der Waals surface area contributed by atoms with Crippen molar-refractivity contribution in [1.29, 1.82) is 0 Å². The summed E-state index contributed by atoms with van der Waals surface area (Å²) in [6.07, 6.45) is 7.60. The number of amides is 1. The van der Waals surface area contributed by atoms with E-state index < -0.39 is 5.60 Å². The number of nitrogens with zero attached hydrogens (tertiary/aromatic N) is 4. The Hall–Kier alpha value is -3.06. The van der Waals surface area contributed by atoms with Crippen LogP contribution in [-0.2, 0) is 12.1 Å². The van der Waals surface area contributed by atoms with Crippen LogP contribution in [0.1, 0.15) is 41.8 Å². The average molecular weight is 433 g/mol. The fourth-order valence-corrected chi connectivity index (χ4v) is 5.43. The van der Waals surface area contributed by atoms with Crippen molar-refractivity contribution in [3.8, 4) is 17.0 Å². The van der Waals surface area contributed by atoms with Crippen LogP contribution < -0.4 is 4.74 Å². The van der Waals surface area contributed by atoms with Crippen LogP contribution in [0.25, 0.3) is 11.3 Å². The van der Waals surface area contributed by atoms with Crippen LogP contribution in [0.4, 0.5) is 0 Å². The first-order valence-corrected chi connectivity index (χ1v) is 11.6. The molecule has 5 heterocycles. The lowest BCUT2D eigenvalue weighted by Gasteiger charge is -2.44. The molecule has 32 heavy (non-hydrogen) atoms. The van der Waals surface area contributed by atoms with E-state index in [9.17, 15) is 4.79 Å². The number of aromatic nitrogens is 2. The van der Waals surface area contributed by atoms with E-state index in [1.807, 2.05) is 17.2 Å². The summed E-state index contributed by atoms with van der Waals surface area (Å²) in [5, 5.41) is 4.82. The molecule has 0 bridgehead atoms. The fraction of sp³-hybridized carbons (Fsp3) is 0.440. The summed E-state index contributed by atoms with van der Waals surface area (Å²) in [5.74, 6) is 1.25. The van der Waals surface area contributed by atoms with E-state index in [2.05, 4.69) is 27.8 Å². The van der Waals surface area contributed by atoms with Crippen molar-refractivity contribution >= 4 is 5.91 Å². The lowest BCUT2D eigenvalue weighted by atomic mass is 9.81. The van der Waals surface area contributed by atoms with Crippen molar-refractivity contribution in [3.63, 3.8) is 0 Å². The van der Waals surface area contributed by atoms with Crippen molar-refractivity contribution in [2.45, 2.75) is 37.8 Å². The first-order valence-electron chi connectivity index (χ1n) is 11.6. The number of hydrogen-bond acceptors (Lipinski definition) is 5. The largest absolute Gasteiger partial charge is 0.482 e. The molecule has 166 valence electrons. The van der Waals surface area contributed by atoms with Gasteiger partial charge in [0, 0.05) is 43.6 Å². The Morgan fingerprint density at radius 3 is 2.59 bits per heavy atom. The number of para-hydroxylation sites is 1. The lowest BCUT2D eigenvalue weighted by Crippen LogP contribution is -2.49. The van der Waals surface area contributed by atoms with Crippen molar-refractivity contribution in [3.05, 3.63) is 60.2 Å². The molecule has 7 nitrogen and oxygen atoms in total. The van der Waals surface area contributed by atoms with Gasteiger partial charge in [-0.05, 0) is 50.2 Å². The summed E-state index contributed by atoms with van der Waals surface area (Å²) in [6, 6.07) is 11.7. The minimum absolute atomic E-state index is 0.0532. The SMILES string of the molecule is O=C(c1ccco1)N1CCC2(CC1)Oc1ccccc1-c1c2cnn1CCN1CCCC1. The van der Waals surface area contributed by atoms with Crippen LogP contribution in [0.3, 0.4) is 0 Å². The van der Waals surface area contributed by atoms with E-state index in [0.717, 1.165) is 42.8 Å². The monoisotopic (exact) mass is 432 g/mol. The van der Waals surface area contributed by atoms with Gasteiger partial charge in [0.25, 0.3) is 5.91 Å². The predicted molar refractivity (Wildman–Crippen MR) is 119 cm³/mol. The third kappa shape index (κ3) is 3.23. The maximum atomic E-state index is 12.8. The molecule has 6 rings (SSSR count). The molecular formula is C25H28N4O3. The highest BCUT2D eigenvalue weighted by Crippen LogP contribution is 2.49. The molecule has 2 fully saturated rings. The van der Waals surface area contributed by atoms with Crippen LogP contribution in [0.15, 0.2) is 53.3 Å². The van der Waals surface area contributed by atoms with Gasteiger partial charge in [0.05, 0.1) is 24.7 Å². The van der Waals surface area contributed by atoms with Crippen LogP contribution in [0.5, 0.6) is 5.75 Å². The molecule has 0 saturated carbocycles. The molecule has 2 saturated heterocycles. The van der Waals surface area contributed by atoms with Crippen molar-refractivity contribution in [2.75, 3.05) is 32.7 Å². The van der Waals surface area contributed by atoms with Crippen LogP contribution in [0, 0.1) is 0 Å². The molecule has 2 aromatic heterocycles. The zero-order valence-electron chi connectivity index (χ0n) is 18.2. The van der Waals surface area contributed by atoms with E-state index in [0.29, 0.717) is 18.8 Å². The summed E-state index contributed by atoms with van der Waals surface area (Å²) < 4.78 is 14.2. The topological polar surface area (TPSA) is 63.7 Å². The Bertz CT molecular complexity index is 1110. The molecule has 3 aliphatic rings. The normalized spacial score (nSPS) is 19.6. The quantitative estimate of drug-likeness (QED) is 0.628. The number of piperidine rings is 1. The molecule has 0 unspecified atom stereocenters. The molecule has 7 heteroatoms. The van der Waals surface area contributed by atoms with Crippen LogP contribution in [-0.4, -0.2) is 58.2 Å². The van der Waals surface area contributed by atoms with Gasteiger partial charge in [0.1, 0.15) is 11.4 Å². The first kappa shape index (κ1) is 19.6. The number of benzene rings is 1. The van der Waals surface area contributed by atoms with Gasteiger partial charge in [-0.2, -0.15) is 5.10 Å². The number of furan rings is 1. The Labute approximate surface area is 187 Å². The van der Waals surface area contributed by atoms with Gasteiger partial charge >= 0.3 is 0 Å². The molecule has 0 N–H and O–H groups in total. The summed E-state index contributed by atoms with van der Waals surface area (Å²) >= 11 is 0. The summed E-state index contributed by atoms with van der Waals surface area (Å²) in [6.45, 7) is 5.53. The smallest absolute Gasteiger partial charge is 0.289 e. The third-order valence-electron chi connectivity index (χ3n) is 7.19. The molecule has 0 aliphatic carbocycles. The van der Waals surface area contributed by atoms with E-state index in [4.69, 9.17) is 14.3 Å². The molecule has 3 aromatic rings. The minimum atomic E-state index is -0.449. The summed E-state index contributed by atoms with van der Waals surface area (Å²) in [4.78, 5) is 17.1. The van der Waals surface area contributed by atoms with Crippen LogP contribution in [0.2, 0.25) is 0 Å². The number of hydrogen-bond donors (Lipinski definition) is 0. The highest BCUT2D eigenvalue weighted by Gasteiger charge is 2.46. The van der Waals surface area contributed by atoms with E-state index in [-0.39, 0.29) is 5.91 Å². The van der Waals surface area contributed by atoms with Gasteiger partial charge in [-0.15, -0.1) is 0 Å². The number of fused-ring (bicyclic) bond motifs is 4. The van der Waals surface area contributed by atoms with E-state index >= 15 is 0 Å². The maximum absolute atomic E-state index is 12.8. The number of rotatable bonds is 4. The second kappa shape index (κ2) is 7.81. The Morgan fingerprint density at radius 1 is 1.00 bits per heavy atom. The van der Waals surface area contributed by atoms with Gasteiger partial charge < -0.3 is 19.0 Å². The number of carbonyl (C=O) groups is 1. The second-order valence-electron chi connectivity index (χ2n) is 9.04. The first-order chi connectivity index (χ1) is 15.7. The van der Waals surface area contributed by atoms with Gasteiger partial charge in [-0.25, -0.2) is 0 Å². The summed E-state index contributed by atoms with van der Waals surface area (Å²) in [7, 11) is 0. The molecule has 3 aliphatic heterocycles. The maximum Gasteiger partial charge on any atom is 0.289 e. The average Bonchev–Trinajstić information content (AvgIpc) is 3.60. The van der Waals surface area contributed by atoms with Gasteiger partial charge in [-0.3, -0.25) is 9.48 Å². The minimum Gasteiger partial charge on any atom is -0.482 e. The van der Waals surface area contributed by atoms with Gasteiger partial charge in [0.15, 0.2) is 5.76 Å². The van der Waals surface area contributed by atoms with Crippen LogP contribution >= 0.6 is 0 Å². The third-order valence-corrected chi connectivity index (χ3v) is 7.19. The molecular weight excluding hydrogens is 404 g/mol. The van der Waals surface area contributed by atoms with E-state index in [1.165, 1.54) is 31.6 Å². The molecule has 1 amide bonds. The van der Waals surface area contributed by atoms with Gasteiger partial charge in [0.2, 0.25) is 0 Å². The number of ether oxygens (including phenoxy) is 1. The second-order valence-corrected chi connectivity index (χ2v) is 9.04. The van der Waals surface area contributed by atoms with Crippen molar-refractivity contribution in [2.24, 2.45) is 0 Å². The molecule has 1 spiro atoms. The number of likely N-dealkylation sites (tertiary alicyclic amines) is 2. The Morgan fingerprint density at radius 2 is 1.81 bits per heavy atom. The fourth-order valence-electron chi connectivity index (χ4n) is 5.43. The predicted octanol–water partition coefficient (Wildman–Crippen LogP) is 3.76. The highest BCUT2D eigenvalue weighted by atomic mass is 16.5. The van der Waals surface area contributed by atoms with Crippen molar-refractivity contribution in [1.82, 2.24) is 19.6 Å². The van der Waals surface area contributed by atoms with E-state index in [1.54, 1.807) is 18.4 Å². The Balaban J connectivity index is 1.29. The number of carbonyl (C=O) groups excluding carboxylic acids is 1. The standard InChI is InChI=1S/C25H28N4O3/c30-24(22-8-5-17-31-22)28-13-9-25(10-14-28)20-18-26-29(16-15-27-11-3-4-12-27)23(20)19-6-1-2-7-21(19)32-25/h1-2,5-8,17-18H,3-4,9-16H2. The summed E-state index contributed by atoms with van der Waals surface area (Å²) in [5.41, 5.74) is 3.00.